The number of morpholine rings is 1. The molecule has 0 saturated carbocycles. The zero-order chi connectivity index (χ0) is 26.4. The van der Waals surface area contributed by atoms with E-state index >= 15 is 0 Å². The lowest BCUT2D eigenvalue weighted by Gasteiger charge is -2.28. The second-order valence-electron chi connectivity index (χ2n) is 10.1. The fraction of sp³-hybridized carbons (Fsp3) is 0.345. The molecule has 3 aliphatic rings. The van der Waals surface area contributed by atoms with Crippen LogP contribution in [0.3, 0.4) is 0 Å². The molecule has 3 aliphatic heterocycles. The molecule has 2 fully saturated rings. The number of rotatable bonds is 5. The second kappa shape index (κ2) is 9.72. The van der Waals surface area contributed by atoms with Crippen LogP contribution in [0.2, 0.25) is 0 Å². The van der Waals surface area contributed by atoms with Crippen molar-refractivity contribution in [2.75, 3.05) is 49.6 Å². The van der Waals surface area contributed by atoms with Gasteiger partial charge in [0.1, 0.15) is 0 Å². The summed E-state index contributed by atoms with van der Waals surface area (Å²) in [7, 11) is -3.65. The highest BCUT2D eigenvalue weighted by Crippen LogP contribution is 2.37. The Morgan fingerprint density at radius 1 is 0.921 bits per heavy atom. The zero-order valence-electron chi connectivity index (χ0n) is 21.7. The van der Waals surface area contributed by atoms with Gasteiger partial charge in [0.25, 0.3) is 5.91 Å². The summed E-state index contributed by atoms with van der Waals surface area (Å²) in [6, 6.07) is 15.2. The molecular formula is C29H32N4O4S. The van der Waals surface area contributed by atoms with Crippen molar-refractivity contribution >= 4 is 39.0 Å². The van der Waals surface area contributed by atoms with Gasteiger partial charge in [0.2, 0.25) is 10.0 Å². The molecule has 0 unspecified atom stereocenters. The molecule has 4 heterocycles. The highest BCUT2D eigenvalue weighted by Gasteiger charge is 2.29. The number of ether oxygens (including phenoxy) is 1. The van der Waals surface area contributed by atoms with Crippen LogP contribution in [0.4, 0.5) is 11.4 Å². The van der Waals surface area contributed by atoms with Gasteiger partial charge in [0, 0.05) is 54.4 Å². The predicted molar refractivity (Wildman–Crippen MR) is 149 cm³/mol. The molecule has 198 valence electrons. The number of anilines is 2. The van der Waals surface area contributed by atoms with Crippen molar-refractivity contribution in [2.45, 2.75) is 31.6 Å². The Balaban J connectivity index is 1.47. The van der Waals surface area contributed by atoms with Crippen molar-refractivity contribution in [3.05, 3.63) is 71.0 Å². The number of carbonyl (C=O) groups is 1. The van der Waals surface area contributed by atoms with Crippen molar-refractivity contribution < 1.29 is 17.9 Å². The number of hydrogen-bond acceptors (Lipinski definition) is 5. The molecule has 2 aromatic carbocycles. The molecule has 0 aliphatic carbocycles. The van der Waals surface area contributed by atoms with Crippen molar-refractivity contribution in [1.29, 1.82) is 0 Å². The Labute approximate surface area is 223 Å². The van der Waals surface area contributed by atoms with E-state index in [0.29, 0.717) is 31.9 Å². The van der Waals surface area contributed by atoms with Crippen LogP contribution in [0.1, 0.15) is 35.4 Å². The average molecular weight is 533 g/mol. The van der Waals surface area contributed by atoms with Crippen LogP contribution in [0.15, 0.2) is 53.4 Å². The SMILES string of the molecule is Cc1cc(/C=C2/C(=O)Nc3ccccc32)c(C)n1-c1cc(S(=O)(=O)N2CCOCC2)ccc1N1CCCC1. The first-order valence-corrected chi connectivity index (χ1v) is 14.6. The van der Waals surface area contributed by atoms with Gasteiger partial charge in [-0.3, -0.25) is 4.79 Å². The minimum Gasteiger partial charge on any atom is -0.379 e. The molecule has 0 spiro atoms. The Morgan fingerprint density at radius 2 is 1.66 bits per heavy atom. The number of amides is 1. The quantitative estimate of drug-likeness (QED) is 0.498. The highest BCUT2D eigenvalue weighted by molar-refractivity contribution is 7.89. The van der Waals surface area contributed by atoms with Gasteiger partial charge < -0.3 is 19.5 Å². The van der Waals surface area contributed by atoms with E-state index in [1.54, 1.807) is 6.07 Å². The summed E-state index contributed by atoms with van der Waals surface area (Å²) < 4.78 is 36.1. The molecule has 0 radical (unpaired) electrons. The fourth-order valence-electron chi connectivity index (χ4n) is 5.75. The molecular weight excluding hydrogens is 500 g/mol. The minimum absolute atomic E-state index is 0.118. The van der Waals surface area contributed by atoms with Crippen LogP contribution in [0.25, 0.3) is 17.3 Å². The van der Waals surface area contributed by atoms with Crippen LogP contribution >= 0.6 is 0 Å². The lowest BCUT2D eigenvalue weighted by molar-refractivity contribution is -0.110. The maximum Gasteiger partial charge on any atom is 0.256 e. The minimum atomic E-state index is -3.65. The van der Waals surface area contributed by atoms with E-state index in [4.69, 9.17) is 4.74 Å². The molecule has 1 amide bonds. The molecule has 1 aromatic heterocycles. The van der Waals surface area contributed by atoms with E-state index in [1.807, 2.05) is 56.3 Å². The normalized spacial score (nSPS) is 19.3. The van der Waals surface area contributed by atoms with Crippen molar-refractivity contribution in [1.82, 2.24) is 8.87 Å². The van der Waals surface area contributed by atoms with E-state index in [1.165, 1.54) is 4.31 Å². The Kier molecular flexibility index (Phi) is 6.37. The van der Waals surface area contributed by atoms with Gasteiger partial charge in [0.05, 0.1) is 29.5 Å². The smallest absolute Gasteiger partial charge is 0.256 e. The van der Waals surface area contributed by atoms with Crippen LogP contribution in [-0.4, -0.2) is 62.6 Å². The van der Waals surface area contributed by atoms with E-state index in [0.717, 1.165) is 65.5 Å². The fourth-order valence-corrected chi connectivity index (χ4v) is 7.17. The van der Waals surface area contributed by atoms with Crippen LogP contribution in [-0.2, 0) is 19.6 Å². The third-order valence-electron chi connectivity index (χ3n) is 7.72. The molecule has 1 N–H and O–H groups in total. The van der Waals surface area contributed by atoms with Crippen LogP contribution in [0.5, 0.6) is 0 Å². The topological polar surface area (TPSA) is 83.9 Å². The van der Waals surface area contributed by atoms with Crippen molar-refractivity contribution in [3.63, 3.8) is 0 Å². The number of hydrogen-bond donors (Lipinski definition) is 1. The molecule has 0 atom stereocenters. The van der Waals surface area contributed by atoms with Gasteiger partial charge in [-0.25, -0.2) is 8.42 Å². The van der Waals surface area contributed by atoms with E-state index < -0.39 is 10.0 Å². The molecule has 2 saturated heterocycles. The largest absolute Gasteiger partial charge is 0.379 e. The number of carbonyl (C=O) groups excluding carboxylic acids is 1. The molecule has 38 heavy (non-hydrogen) atoms. The Hall–Kier alpha value is -3.40. The van der Waals surface area contributed by atoms with E-state index in [2.05, 4.69) is 20.9 Å². The summed E-state index contributed by atoms with van der Waals surface area (Å²) >= 11 is 0. The zero-order valence-corrected chi connectivity index (χ0v) is 22.6. The van der Waals surface area contributed by atoms with Gasteiger partial charge >= 0.3 is 0 Å². The molecule has 9 heteroatoms. The number of fused-ring (bicyclic) bond motifs is 1. The third-order valence-corrected chi connectivity index (χ3v) is 9.62. The molecule has 0 bridgehead atoms. The summed E-state index contributed by atoms with van der Waals surface area (Å²) in [4.78, 5) is 15.4. The first kappa shape index (κ1) is 24.9. The maximum absolute atomic E-state index is 13.6. The standard InChI is InChI=1S/C29H32N4O4S/c1-20-17-22(18-25-24-7-3-4-8-26(24)30-29(25)34)21(2)33(20)28-19-23(9-10-27(28)31-11-5-6-12-31)38(35,36)32-13-15-37-16-14-32/h3-4,7-10,17-19H,5-6,11-16H2,1-2H3,(H,30,34)/b25-18+. The molecule has 6 rings (SSSR count). The van der Waals surface area contributed by atoms with E-state index in [9.17, 15) is 13.2 Å². The number of nitrogens with zero attached hydrogens (tertiary/aromatic N) is 3. The number of nitrogens with one attached hydrogen (secondary N) is 1. The number of aromatic nitrogens is 1. The summed E-state index contributed by atoms with van der Waals surface area (Å²) in [5.74, 6) is -0.118. The van der Waals surface area contributed by atoms with Crippen molar-refractivity contribution in [2.24, 2.45) is 0 Å². The summed E-state index contributed by atoms with van der Waals surface area (Å²) in [5, 5.41) is 2.94. The number of benzene rings is 2. The Bertz CT molecular complexity index is 1540. The summed E-state index contributed by atoms with van der Waals surface area (Å²) in [6.45, 7) is 7.45. The number of para-hydroxylation sites is 1. The monoisotopic (exact) mass is 532 g/mol. The van der Waals surface area contributed by atoms with Gasteiger partial charge in [0.15, 0.2) is 0 Å². The lowest BCUT2D eigenvalue weighted by atomic mass is 10.0. The summed E-state index contributed by atoms with van der Waals surface area (Å²) in [5.41, 5.74) is 7.05. The average Bonchev–Trinajstić information content (AvgIpc) is 3.63. The predicted octanol–water partition coefficient (Wildman–Crippen LogP) is 4.21. The van der Waals surface area contributed by atoms with Crippen LogP contribution in [0, 0.1) is 13.8 Å². The first-order chi connectivity index (χ1) is 18.3. The van der Waals surface area contributed by atoms with E-state index in [-0.39, 0.29) is 10.8 Å². The second-order valence-corrected chi connectivity index (χ2v) is 12.0. The van der Waals surface area contributed by atoms with Gasteiger partial charge in [-0.15, -0.1) is 0 Å². The maximum atomic E-state index is 13.6. The molecule has 3 aromatic rings. The lowest BCUT2D eigenvalue weighted by Crippen LogP contribution is -2.40. The van der Waals surface area contributed by atoms with Crippen LogP contribution < -0.4 is 10.2 Å². The number of aryl methyl sites for hydroxylation is 1. The third kappa shape index (κ3) is 4.24. The summed E-state index contributed by atoms with van der Waals surface area (Å²) in [6.07, 6.45) is 4.16. The van der Waals surface area contributed by atoms with Gasteiger partial charge in [-0.1, -0.05) is 18.2 Å². The Morgan fingerprint density at radius 3 is 2.42 bits per heavy atom. The van der Waals surface area contributed by atoms with Gasteiger partial charge in [-0.05, 0) is 68.7 Å². The van der Waals surface area contributed by atoms with Gasteiger partial charge in [-0.2, -0.15) is 4.31 Å². The first-order valence-electron chi connectivity index (χ1n) is 13.1. The number of sulfonamides is 1. The molecule has 8 nitrogen and oxygen atoms in total. The highest BCUT2D eigenvalue weighted by atomic mass is 32.2. The van der Waals surface area contributed by atoms with Crippen molar-refractivity contribution in [3.8, 4) is 5.69 Å².